The number of ether oxygens (including phenoxy) is 1. The number of halogens is 1. The van der Waals surface area contributed by atoms with Gasteiger partial charge < -0.3 is 10.1 Å². The van der Waals surface area contributed by atoms with Gasteiger partial charge in [-0.3, -0.25) is 0 Å². The fourth-order valence-electron chi connectivity index (χ4n) is 3.60. The largest absolute Gasteiger partial charge is 0.450 e. The van der Waals surface area contributed by atoms with E-state index in [9.17, 15) is 4.79 Å². The molecule has 26 heavy (non-hydrogen) atoms. The molecule has 3 aromatic carbocycles. The molecule has 0 radical (unpaired) electrons. The summed E-state index contributed by atoms with van der Waals surface area (Å²) in [6, 6.07) is 21.8. The third-order valence-electron chi connectivity index (χ3n) is 5.04. The van der Waals surface area contributed by atoms with Crippen molar-refractivity contribution in [1.29, 1.82) is 0 Å². The van der Waals surface area contributed by atoms with Gasteiger partial charge in [-0.05, 0) is 53.7 Å². The molecule has 1 fully saturated rings. The zero-order valence-electron chi connectivity index (χ0n) is 14.4. The highest BCUT2D eigenvalue weighted by molar-refractivity contribution is 9.10. The third kappa shape index (κ3) is 3.39. The van der Waals surface area contributed by atoms with Crippen molar-refractivity contribution in [2.24, 2.45) is 0 Å². The van der Waals surface area contributed by atoms with Gasteiger partial charge in [-0.2, -0.15) is 0 Å². The molecule has 0 aromatic heterocycles. The first-order valence-corrected chi connectivity index (χ1v) is 9.65. The van der Waals surface area contributed by atoms with E-state index in [0.29, 0.717) is 5.56 Å². The molecule has 0 aliphatic carbocycles. The summed E-state index contributed by atoms with van der Waals surface area (Å²) in [4.78, 5) is 13.0. The summed E-state index contributed by atoms with van der Waals surface area (Å²) in [6.07, 6.45) is 1.56. The highest BCUT2D eigenvalue weighted by Crippen LogP contribution is 2.36. The van der Waals surface area contributed by atoms with Crippen LogP contribution in [0.2, 0.25) is 0 Å². The molecule has 0 atom stereocenters. The zero-order valence-corrected chi connectivity index (χ0v) is 16.0. The number of benzene rings is 3. The minimum Gasteiger partial charge on any atom is -0.450 e. The van der Waals surface area contributed by atoms with Crippen LogP contribution < -0.4 is 5.32 Å². The van der Waals surface area contributed by atoms with E-state index in [4.69, 9.17) is 4.74 Å². The van der Waals surface area contributed by atoms with Gasteiger partial charge in [0.25, 0.3) is 0 Å². The second-order valence-corrected chi connectivity index (χ2v) is 7.62. The molecule has 1 N–H and O–H groups in total. The van der Waals surface area contributed by atoms with Crippen LogP contribution in [0.1, 0.15) is 28.8 Å². The Bertz CT molecular complexity index is 933. The van der Waals surface area contributed by atoms with E-state index < -0.39 is 5.60 Å². The smallest absolute Gasteiger partial charge is 0.339 e. The molecule has 4 heteroatoms. The van der Waals surface area contributed by atoms with Crippen LogP contribution in [-0.2, 0) is 10.3 Å². The van der Waals surface area contributed by atoms with Crippen molar-refractivity contribution in [3.8, 4) is 0 Å². The average molecular weight is 410 g/mol. The van der Waals surface area contributed by atoms with Crippen LogP contribution in [0.3, 0.4) is 0 Å². The first kappa shape index (κ1) is 17.3. The molecule has 0 unspecified atom stereocenters. The number of hydrogen-bond donors (Lipinski definition) is 1. The molecule has 1 aliphatic heterocycles. The van der Waals surface area contributed by atoms with E-state index in [1.54, 1.807) is 0 Å². The number of hydrogen-bond acceptors (Lipinski definition) is 3. The molecule has 4 rings (SSSR count). The Kier molecular flexibility index (Phi) is 4.79. The fraction of sp³-hybridized carbons (Fsp3) is 0.227. The van der Waals surface area contributed by atoms with Crippen LogP contribution in [-0.4, -0.2) is 19.1 Å². The Hall–Kier alpha value is -2.17. The summed E-state index contributed by atoms with van der Waals surface area (Å²) in [6.45, 7) is 1.68. The molecule has 0 bridgehead atoms. The lowest BCUT2D eigenvalue weighted by atomic mass is 9.84. The molecule has 3 nitrogen and oxygen atoms in total. The van der Waals surface area contributed by atoms with E-state index in [-0.39, 0.29) is 5.97 Å². The number of esters is 1. The Morgan fingerprint density at radius 3 is 2.38 bits per heavy atom. The third-order valence-corrected chi connectivity index (χ3v) is 5.53. The highest BCUT2D eigenvalue weighted by atomic mass is 79.9. The lowest BCUT2D eigenvalue weighted by Crippen LogP contribution is -2.43. The van der Waals surface area contributed by atoms with Gasteiger partial charge >= 0.3 is 5.97 Å². The molecule has 0 saturated carbocycles. The quantitative estimate of drug-likeness (QED) is 0.615. The van der Waals surface area contributed by atoms with E-state index in [1.165, 1.54) is 0 Å². The maximum atomic E-state index is 13.0. The Balaban J connectivity index is 1.65. The second kappa shape index (κ2) is 7.22. The molecule has 0 spiro atoms. The number of rotatable bonds is 3. The van der Waals surface area contributed by atoms with Gasteiger partial charge in [0.05, 0.1) is 5.56 Å². The summed E-state index contributed by atoms with van der Waals surface area (Å²) in [5.41, 5.74) is 1.10. The maximum Gasteiger partial charge on any atom is 0.339 e. The first-order chi connectivity index (χ1) is 12.7. The lowest BCUT2D eigenvalue weighted by Gasteiger charge is -2.37. The molecule has 1 aliphatic rings. The monoisotopic (exact) mass is 409 g/mol. The van der Waals surface area contributed by atoms with Crippen LogP contribution in [0, 0.1) is 0 Å². The normalized spacial score (nSPS) is 16.3. The predicted molar refractivity (Wildman–Crippen MR) is 107 cm³/mol. The van der Waals surface area contributed by atoms with Crippen molar-refractivity contribution in [1.82, 2.24) is 5.32 Å². The van der Waals surface area contributed by atoms with Crippen LogP contribution in [0.4, 0.5) is 0 Å². The SMILES string of the molecule is O=C(OC1(c2ccccc2)CCNCC1)c1ccc2cc(Br)ccc2c1. The van der Waals surface area contributed by atoms with Crippen LogP contribution >= 0.6 is 15.9 Å². The second-order valence-electron chi connectivity index (χ2n) is 6.71. The predicted octanol–water partition coefficient (Wildman–Crippen LogP) is 5.04. The lowest BCUT2D eigenvalue weighted by molar-refractivity contribution is -0.0378. The Labute approximate surface area is 161 Å². The summed E-state index contributed by atoms with van der Waals surface area (Å²) >= 11 is 3.48. The molecule has 1 heterocycles. The van der Waals surface area contributed by atoms with Crippen molar-refractivity contribution in [2.45, 2.75) is 18.4 Å². The standard InChI is InChI=1S/C22H20BrNO2/c23-20-9-8-16-14-18(7-6-17(16)15-20)21(25)26-22(10-12-24-13-11-22)19-4-2-1-3-5-19/h1-9,14-15,24H,10-13H2. The highest BCUT2D eigenvalue weighted by Gasteiger charge is 2.38. The average Bonchev–Trinajstić information content (AvgIpc) is 2.69. The number of fused-ring (bicyclic) bond motifs is 1. The van der Waals surface area contributed by atoms with E-state index in [1.807, 2.05) is 54.6 Å². The van der Waals surface area contributed by atoms with Gasteiger partial charge in [-0.15, -0.1) is 0 Å². The molecule has 1 saturated heterocycles. The molecule has 132 valence electrons. The van der Waals surface area contributed by atoms with Crippen molar-refractivity contribution in [3.05, 3.63) is 82.3 Å². The maximum absolute atomic E-state index is 13.0. The number of carbonyl (C=O) groups excluding carboxylic acids is 1. The molecule has 0 amide bonds. The molecular weight excluding hydrogens is 390 g/mol. The Morgan fingerprint density at radius 1 is 0.923 bits per heavy atom. The molecule has 3 aromatic rings. The van der Waals surface area contributed by atoms with Gasteiger partial charge in [0, 0.05) is 17.3 Å². The number of piperidine rings is 1. The van der Waals surface area contributed by atoms with E-state index in [0.717, 1.165) is 46.7 Å². The van der Waals surface area contributed by atoms with Crippen LogP contribution in [0.15, 0.2) is 71.2 Å². The first-order valence-electron chi connectivity index (χ1n) is 8.85. The summed E-state index contributed by atoms with van der Waals surface area (Å²) in [5.74, 6) is -0.263. The summed E-state index contributed by atoms with van der Waals surface area (Å²) in [7, 11) is 0. The number of carbonyl (C=O) groups is 1. The van der Waals surface area contributed by atoms with E-state index in [2.05, 4.69) is 33.4 Å². The summed E-state index contributed by atoms with van der Waals surface area (Å²) in [5, 5.41) is 5.48. The van der Waals surface area contributed by atoms with Crippen LogP contribution in [0.5, 0.6) is 0 Å². The fourth-order valence-corrected chi connectivity index (χ4v) is 3.98. The minimum absolute atomic E-state index is 0.263. The van der Waals surface area contributed by atoms with Crippen molar-refractivity contribution in [2.75, 3.05) is 13.1 Å². The van der Waals surface area contributed by atoms with Gasteiger partial charge in [0.1, 0.15) is 5.60 Å². The van der Waals surface area contributed by atoms with Gasteiger partial charge in [-0.25, -0.2) is 4.79 Å². The zero-order chi connectivity index (χ0) is 18.0. The molecular formula is C22H20BrNO2. The van der Waals surface area contributed by atoms with E-state index >= 15 is 0 Å². The summed E-state index contributed by atoms with van der Waals surface area (Å²) < 4.78 is 7.16. The topological polar surface area (TPSA) is 38.3 Å². The van der Waals surface area contributed by atoms with Crippen LogP contribution in [0.25, 0.3) is 10.8 Å². The number of nitrogens with one attached hydrogen (secondary N) is 1. The van der Waals surface area contributed by atoms with Crippen molar-refractivity contribution >= 4 is 32.7 Å². The Morgan fingerprint density at radius 2 is 1.62 bits per heavy atom. The van der Waals surface area contributed by atoms with Crippen molar-refractivity contribution < 1.29 is 9.53 Å². The van der Waals surface area contributed by atoms with Crippen molar-refractivity contribution in [3.63, 3.8) is 0 Å². The van der Waals surface area contributed by atoms with Gasteiger partial charge in [0.2, 0.25) is 0 Å². The van der Waals surface area contributed by atoms with Gasteiger partial charge in [-0.1, -0.05) is 58.4 Å². The minimum atomic E-state index is -0.557. The van der Waals surface area contributed by atoms with Gasteiger partial charge in [0.15, 0.2) is 0 Å².